The molecule has 0 aliphatic carbocycles. The number of carbonyl (C=O) groups is 1. The number of fused-ring (bicyclic) bond motifs is 1. The van der Waals surface area contributed by atoms with Gasteiger partial charge < -0.3 is 26.3 Å². The number of H-pyrrole nitrogens is 1. The fraction of sp³-hybridized carbons (Fsp3) is 0.381. The van der Waals surface area contributed by atoms with Crippen molar-refractivity contribution in [3.05, 3.63) is 45.2 Å². The quantitative estimate of drug-likeness (QED) is 0.516. The monoisotopic (exact) mass is 480 g/mol. The summed E-state index contributed by atoms with van der Waals surface area (Å²) in [7, 11) is 0. The van der Waals surface area contributed by atoms with Crippen molar-refractivity contribution in [2.45, 2.75) is 32.0 Å². The SMILES string of the molecule is CCN(c1cc[nH]c(=O)c1)C1CCN(c2cc(C(F)(F)F)c3c(N)c(C(N)=O)sc3n2)CC1. The lowest BCUT2D eigenvalue weighted by atomic mass is 10.0. The number of nitrogens with zero attached hydrogens (tertiary/aromatic N) is 3. The molecule has 3 aromatic rings. The summed E-state index contributed by atoms with van der Waals surface area (Å²) < 4.78 is 41.5. The number of rotatable bonds is 5. The highest BCUT2D eigenvalue weighted by atomic mass is 32.1. The summed E-state index contributed by atoms with van der Waals surface area (Å²) in [6.07, 6.45) is -1.71. The van der Waals surface area contributed by atoms with Crippen LogP contribution < -0.4 is 26.8 Å². The van der Waals surface area contributed by atoms with Crippen LogP contribution in [0.4, 0.5) is 30.4 Å². The molecule has 0 saturated carbocycles. The van der Waals surface area contributed by atoms with Crippen LogP contribution in [-0.2, 0) is 6.18 Å². The summed E-state index contributed by atoms with van der Waals surface area (Å²) in [5, 5.41) is -0.286. The van der Waals surface area contributed by atoms with Crippen LogP contribution in [0.25, 0.3) is 10.2 Å². The second-order valence-electron chi connectivity index (χ2n) is 7.83. The van der Waals surface area contributed by atoms with Crippen LogP contribution in [-0.4, -0.2) is 41.6 Å². The number of amides is 1. The zero-order valence-corrected chi connectivity index (χ0v) is 18.6. The predicted octanol–water partition coefficient (Wildman–Crippen LogP) is 3.18. The molecule has 4 heterocycles. The first kappa shape index (κ1) is 22.9. The van der Waals surface area contributed by atoms with E-state index in [0.29, 0.717) is 32.5 Å². The molecule has 1 saturated heterocycles. The van der Waals surface area contributed by atoms with Gasteiger partial charge in [0.1, 0.15) is 15.5 Å². The molecule has 0 bridgehead atoms. The van der Waals surface area contributed by atoms with Crippen LogP contribution in [0.3, 0.4) is 0 Å². The number of nitrogens with one attached hydrogen (secondary N) is 1. The van der Waals surface area contributed by atoms with Gasteiger partial charge in [-0.3, -0.25) is 9.59 Å². The highest BCUT2D eigenvalue weighted by Crippen LogP contribution is 2.43. The lowest BCUT2D eigenvalue weighted by Crippen LogP contribution is -2.45. The Morgan fingerprint density at radius 2 is 2.03 bits per heavy atom. The molecule has 0 aromatic carbocycles. The average Bonchev–Trinajstić information content (AvgIpc) is 3.10. The maximum Gasteiger partial charge on any atom is 0.417 e. The number of thiophene rings is 1. The number of alkyl halides is 3. The van der Waals surface area contributed by atoms with Crippen LogP contribution in [0.5, 0.6) is 0 Å². The normalized spacial score (nSPS) is 15.2. The van der Waals surface area contributed by atoms with Crippen molar-refractivity contribution in [2.75, 3.05) is 35.2 Å². The molecule has 1 aliphatic rings. The van der Waals surface area contributed by atoms with E-state index in [1.165, 1.54) is 0 Å². The molecular weight excluding hydrogens is 457 g/mol. The number of aromatic amines is 1. The molecule has 1 amide bonds. The van der Waals surface area contributed by atoms with Crippen molar-refractivity contribution >= 4 is 44.7 Å². The van der Waals surface area contributed by atoms with E-state index < -0.39 is 17.6 Å². The molecule has 3 aromatic heterocycles. The van der Waals surface area contributed by atoms with E-state index in [4.69, 9.17) is 11.5 Å². The van der Waals surface area contributed by atoms with Crippen molar-refractivity contribution in [3.63, 3.8) is 0 Å². The van der Waals surface area contributed by atoms with Gasteiger partial charge in [-0.1, -0.05) is 0 Å². The van der Waals surface area contributed by atoms with Crippen LogP contribution in [0.1, 0.15) is 35.0 Å². The topological polar surface area (TPSA) is 121 Å². The van der Waals surface area contributed by atoms with Crippen LogP contribution in [0.15, 0.2) is 29.2 Å². The van der Waals surface area contributed by atoms with E-state index in [2.05, 4.69) is 14.9 Å². The molecular formula is C21H23F3N6O2S. The maximum absolute atomic E-state index is 13.8. The molecule has 1 aliphatic heterocycles. The van der Waals surface area contributed by atoms with Crippen LogP contribution in [0.2, 0.25) is 0 Å². The number of hydrogen-bond acceptors (Lipinski definition) is 7. The van der Waals surface area contributed by atoms with Crippen molar-refractivity contribution in [2.24, 2.45) is 5.73 Å². The molecule has 1 fully saturated rings. The summed E-state index contributed by atoms with van der Waals surface area (Å²) in [5.41, 5.74) is 10.5. The highest BCUT2D eigenvalue weighted by molar-refractivity contribution is 7.21. The highest BCUT2D eigenvalue weighted by Gasteiger charge is 2.37. The van der Waals surface area contributed by atoms with Gasteiger partial charge in [0, 0.05) is 49.0 Å². The molecule has 176 valence electrons. The lowest BCUT2D eigenvalue weighted by molar-refractivity contribution is -0.136. The largest absolute Gasteiger partial charge is 0.417 e. The molecule has 0 atom stereocenters. The maximum atomic E-state index is 13.8. The average molecular weight is 481 g/mol. The standard InChI is InChI=1S/C21H23F3N6O2S/c1-2-30(12-3-6-27-15(31)9-12)11-4-7-29(8-5-11)14-10-13(21(22,23)24)16-17(25)18(19(26)32)33-20(16)28-14/h3,6,9-11H,2,4-5,7-8,25H2,1H3,(H2,26,32)(H,27,31). The zero-order valence-electron chi connectivity index (χ0n) is 17.8. The fourth-order valence-corrected chi connectivity index (χ4v) is 5.31. The Morgan fingerprint density at radius 3 is 2.61 bits per heavy atom. The summed E-state index contributed by atoms with van der Waals surface area (Å²) in [6.45, 7) is 3.67. The third kappa shape index (κ3) is 4.34. The smallest absolute Gasteiger partial charge is 0.397 e. The number of pyridine rings is 2. The Morgan fingerprint density at radius 1 is 1.33 bits per heavy atom. The van der Waals surface area contributed by atoms with Crippen molar-refractivity contribution in [1.82, 2.24) is 9.97 Å². The Balaban J connectivity index is 1.63. The van der Waals surface area contributed by atoms with Gasteiger partial charge >= 0.3 is 6.18 Å². The number of aromatic nitrogens is 2. The van der Waals surface area contributed by atoms with Gasteiger partial charge in [0.2, 0.25) is 5.56 Å². The third-order valence-corrected chi connectivity index (χ3v) is 6.99. The van der Waals surface area contributed by atoms with Gasteiger partial charge in [-0.2, -0.15) is 13.2 Å². The molecule has 0 radical (unpaired) electrons. The minimum Gasteiger partial charge on any atom is -0.397 e. The van der Waals surface area contributed by atoms with Crippen molar-refractivity contribution < 1.29 is 18.0 Å². The number of hydrogen-bond donors (Lipinski definition) is 3. The van der Waals surface area contributed by atoms with Gasteiger partial charge in [0.05, 0.1) is 11.3 Å². The number of anilines is 3. The molecule has 5 N–H and O–H groups in total. The van der Waals surface area contributed by atoms with E-state index in [0.717, 1.165) is 23.1 Å². The predicted molar refractivity (Wildman–Crippen MR) is 123 cm³/mol. The number of nitrogen functional groups attached to an aromatic ring is 1. The number of primary amides is 1. The fourth-order valence-electron chi connectivity index (χ4n) is 4.35. The number of carbonyl (C=O) groups excluding carboxylic acids is 1. The minimum absolute atomic E-state index is 0.0342. The number of halogens is 3. The van der Waals surface area contributed by atoms with Gasteiger partial charge in [-0.05, 0) is 31.9 Å². The molecule has 33 heavy (non-hydrogen) atoms. The molecule has 0 spiro atoms. The van der Waals surface area contributed by atoms with E-state index in [9.17, 15) is 22.8 Å². The van der Waals surface area contributed by atoms with Gasteiger partial charge in [-0.25, -0.2) is 4.98 Å². The molecule has 4 rings (SSSR count). The number of piperidine rings is 1. The van der Waals surface area contributed by atoms with Gasteiger partial charge in [0.25, 0.3) is 5.91 Å². The Bertz CT molecular complexity index is 1250. The molecule has 0 unspecified atom stereocenters. The van der Waals surface area contributed by atoms with E-state index in [1.807, 2.05) is 13.0 Å². The Kier molecular flexibility index (Phi) is 5.95. The van der Waals surface area contributed by atoms with E-state index in [-0.39, 0.29) is 38.2 Å². The first-order valence-corrected chi connectivity index (χ1v) is 11.2. The number of nitrogens with two attached hydrogens (primary N) is 2. The van der Waals surface area contributed by atoms with Crippen LogP contribution in [0, 0.1) is 0 Å². The van der Waals surface area contributed by atoms with Gasteiger partial charge in [-0.15, -0.1) is 11.3 Å². The first-order valence-electron chi connectivity index (χ1n) is 10.4. The zero-order chi connectivity index (χ0) is 23.9. The summed E-state index contributed by atoms with van der Waals surface area (Å²) >= 11 is 0.770. The van der Waals surface area contributed by atoms with E-state index in [1.54, 1.807) is 17.2 Å². The second kappa shape index (κ2) is 8.58. The second-order valence-corrected chi connectivity index (χ2v) is 8.83. The first-order chi connectivity index (χ1) is 15.6. The third-order valence-electron chi connectivity index (χ3n) is 5.87. The Hall–Kier alpha value is -3.28. The van der Waals surface area contributed by atoms with Crippen molar-refractivity contribution in [1.29, 1.82) is 0 Å². The molecule has 12 heteroatoms. The van der Waals surface area contributed by atoms with Crippen molar-refractivity contribution in [3.8, 4) is 0 Å². The summed E-state index contributed by atoms with van der Waals surface area (Å²) in [5.74, 6) is -0.699. The minimum atomic E-state index is -4.67. The summed E-state index contributed by atoms with van der Waals surface area (Å²) in [6, 6.07) is 4.50. The van der Waals surface area contributed by atoms with Crippen LogP contribution >= 0.6 is 11.3 Å². The molecule has 8 nitrogen and oxygen atoms in total. The van der Waals surface area contributed by atoms with Gasteiger partial charge in [0.15, 0.2) is 0 Å². The Labute approximate surface area is 191 Å². The van der Waals surface area contributed by atoms with E-state index >= 15 is 0 Å². The lowest BCUT2D eigenvalue weighted by Gasteiger charge is -2.39. The summed E-state index contributed by atoms with van der Waals surface area (Å²) in [4.78, 5) is 34.1.